The van der Waals surface area contributed by atoms with E-state index in [2.05, 4.69) is 0 Å². The third-order valence-corrected chi connectivity index (χ3v) is 4.19. The maximum Gasteiger partial charge on any atom is 0.266 e. The molecule has 5 nitrogen and oxygen atoms in total. The number of rotatable bonds is 5. The van der Waals surface area contributed by atoms with Gasteiger partial charge < -0.3 is 14.3 Å². The number of carbonyl (C=O) groups is 2. The lowest BCUT2D eigenvalue weighted by molar-refractivity contribution is -0.310. The molecule has 1 atom stereocenters. The van der Waals surface area contributed by atoms with Crippen LogP contribution in [0, 0.1) is 0 Å². The van der Waals surface area contributed by atoms with Crippen molar-refractivity contribution in [3.8, 4) is 0 Å². The molecule has 1 aromatic rings. The molecular formula is C14H12NO4S2-. The number of carboxylic acids is 1. The molecule has 0 aliphatic carbocycles. The van der Waals surface area contributed by atoms with Crippen LogP contribution in [0.25, 0.3) is 6.08 Å². The van der Waals surface area contributed by atoms with Gasteiger partial charge >= 0.3 is 0 Å². The van der Waals surface area contributed by atoms with Gasteiger partial charge in [-0.15, -0.1) is 0 Å². The second kappa shape index (κ2) is 6.73. The minimum Gasteiger partial charge on any atom is -0.548 e. The predicted molar refractivity (Wildman–Crippen MR) is 81.9 cm³/mol. The van der Waals surface area contributed by atoms with Crippen LogP contribution < -0.4 is 5.11 Å². The van der Waals surface area contributed by atoms with Gasteiger partial charge in [-0.1, -0.05) is 37.0 Å². The summed E-state index contributed by atoms with van der Waals surface area (Å²) in [5.74, 6) is -1.06. The van der Waals surface area contributed by atoms with E-state index >= 15 is 0 Å². The lowest BCUT2D eigenvalue weighted by atomic mass is 10.2. The lowest BCUT2D eigenvalue weighted by Gasteiger charge is -2.26. The lowest BCUT2D eigenvalue weighted by Crippen LogP contribution is -2.49. The zero-order valence-corrected chi connectivity index (χ0v) is 12.8. The average molecular weight is 322 g/mol. The minimum absolute atomic E-state index is 0.230. The van der Waals surface area contributed by atoms with Gasteiger partial charge in [0.2, 0.25) is 0 Å². The van der Waals surface area contributed by atoms with Crippen molar-refractivity contribution in [2.75, 3.05) is 0 Å². The van der Waals surface area contributed by atoms with E-state index in [1.54, 1.807) is 43.5 Å². The highest BCUT2D eigenvalue weighted by atomic mass is 32.2. The molecular weight excluding hydrogens is 310 g/mol. The minimum atomic E-state index is -1.30. The van der Waals surface area contributed by atoms with Crippen molar-refractivity contribution in [1.29, 1.82) is 0 Å². The van der Waals surface area contributed by atoms with Crippen LogP contribution in [0.15, 0.2) is 39.9 Å². The van der Waals surface area contributed by atoms with E-state index in [0.29, 0.717) is 10.7 Å². The Balaban J connectivity index is 2.15. The van der Waals surface area contributed by atoms with Crippen LogP contribution >= 0.6 is 24.0 Å². The number of thioether (sulfide) groups is 1. The molecule has 0 unspecified atom stereocenters. The number of amides is 1. The van der Waals surface area contributed by atoms with E-state index in [4.69, 9.17) is 16.6 Å². The predicted octanol–water partition coefficient (Wildman–Crippen LogP) is 1.57. The molecule has 110 valence electrons. The van der Waals surface area contributed by atoms with Gasteiger partial charge in [-0.2, -0.15) is 0 Å². The molecule has 0 bridgehead atoms. The number of hydrogen-bond donors (Lipinski definition) is 0. The Morgan fingerprint density at radius 1 is 1.62 bits per heavy atom. The second-order valence-corrected chi connectivity index (χ2v) is 5.87. The van der Waals surface area contributed by atoms with Gasteiger partial charge in [0.25, 0.3) is 5.91 Å². The maximum absolute atomic E-state index is 12.2. The Morgan fingerprint density at radius 3 is 2.95 bits per heavy atom. The molecule has 0 aromatic carbocycles. The van der Waals surface area contributed by atoms with E-state index in [-0.39, 0.29) is 10.7 Å². The fraction of sp³-hybridized carbons (Fsp3) is 0.214. The Bertz CT molecular complexity index is 619. The maximum atomic E-state index is 12.2. The smallest absolute Gasteiger partial charge is 0.266 e. The van der Waals surface area contributed by atoms with Crippen molar-refractivity contribution in [3.63, 3.8) is 0 Å². The van der Waals surface area contributed by atoms with Crippen LogP contribution in [0.1, 0.15) is 19.1 Å². The first-order valence-electron chi connectivity index (χ1n) is 6.22. The number of aliphatic carboxylic acids is 1. The molecule has 7 heteroatoms. The largest absolute Gasteiger partial charge is 0.548 e. The highest BCUT2D eigenvalue weighted by Gasteiger charge is 2.36. The number of allylic oxidation sites excluding steroid dienone is 2. The van der Waals surface area contributed by atoms with Crippen molar-refractivity contribution in [2.24, 2.45) is 0 Å². The Morgan fingerprint density at radius 2 is 2.38 bits per heavy atom. The number of thiocarbonyl (C=S) groups is 1. The highest BCUT2D eigenvalue weighted by Crippen LogP contribution is 2.33. The molecule has 2 rings (SSSR count). The van der Waals surface area contributed by atoms with E-state index < -0.39 is 17.9 Å². The first kappa shape index (κ1) is 15.5. The summed E-state index contributed by atoms with van der Waals surface area (Å²) in [7, 11) is 0. The summed E-state index contributed by atoms with van der Waals surface area (Å²) in [5, 5.41) is 11.1. The molecule has 0 saturated carbocycles. The molecule has 1 aromatic heterocycles. The van der Waals surface area contributed by atoms with E-state index in [9.17, 15) is 14.7 Å². The van der Waals surface area contributed by atoms with Crippen LogP contribution in [0.5, 0.6) is 0 Å². The van der Waals surface area contributed by atoms with Gasteiger partial charge in [-0.05, 0) is 30.7 Å². The van der Waals surface area contributed by atoms with Crippen LogP contribution in [0.2, 0.25) is 0 Å². The van der Waals surface area contributed by atoms with Gasteiger partial charge in [0.1, 0.15) is 10.1 Å². The summed E-state index contributed by atoms with van der Waals surface area (Å²) in [6.07, 6.45) is 6.73. The van der Waals surface area contributed by atoms with Crippen molar-refractivity contribution in [3.05, 3.63) is 41.2 Å². The zero-order chi connectivity index (χ0) is 15.4. The van der Waals surface area contributed by atoms with Crippen LogP contribution in [-0.4, -0.2) is 27.1 Å². The van der Waals surface area contributed by atoms with Crippen molar-refractivity contribution in [1.82, 2.24) is 4.90 Å². The second-order valence-electron chi connectivity index (χ2n) is 4.19. The number of hydrogen-bond acceptors (Lipinski definition) is 6. The molecule has 0 radical (unpaired) electrons. The molecule has 1 aliphatic heterocycles. The van der Waals surface area contributed by atoms with Gasteiger partial charge in [0.05, 0.1) is 23.2 Å². The fourth-order valence-corrected chi connectivity index (χ4v) is 3.14. The highest BCUT2D eigenvalue weighted by molar-refractivity contribution is 8.26. The Labute approximate surface area is 131 Å². The number of carboxylic acid groups (broad SMARTS) is 1. The summed E-state index contributed by atoms with van der Waals surface area (Å²) in [5.41, 5.74) is 0. The topological polar surface area (TPSA) is 73.6 Å². The molecule has 1 aliphatic rings. The third kappa shape index (κ3) is 3.43. The summed E-state index contributed by atoms with van der Waals surface area (Å²) < 4.78 is 5.35. The van der Waals surface area contributed by atoms with Gasteiger partial charge in [-0.25, -0.2) is 0 Å². The fourth-order valence-electron chi connectivity index (χ4n) is 1.83. The van der Waals surface area contributed by atoms with E-state index in [0.717, 1.165) is 16.7 Å². The van der Waals surface area contributed by atoms with Gasteiger partial charge in [-0.3, -0.25) is 9.69 Å². The summed E-state index contributed by atoms with van der Waals surface area (Å²) >= 11 is 6.16. The molecule has 21 heavy (non-hydrogen) atoms. The number of nitrogens with zero attached hydrogens (tertiary/aromatic N) is 1. The van der Waals surface area contributed by atoms with E-state index in [1.165, 1.54) is 0 Å². The normalized spacial score (nSPS) is 18.9. The first-order chi connectivity index (χ1) is 10.0. The molecule has 0 spiro atoms. The summed E-state index contributed by atoms with van der Waals surface area (Å²) in [6, 6.07) is 2.50. The Hall–Kier alpha value is -1.86. The SMILES string of the molecule is CC[C@H](C(=O)[O-])N1C(=O)/C(=C/C=C/c2ccco2)SC1=S. The average Bonchev–Trinajstić information content (AvgIpc) is 3.03. The van der Waals surface area contributed by atoms with Crippen molar-refractivity contribution in [2.45, 2.75) is 19.4 Å². The monoisotopic (exact) mass is 322 g/mol. The summed E-state index contributed by atoms with van der Waals surface area (Å²) in [6.45, 7) is 1.67. The standard InChI is InChI=1S/C14H13NO4S2/c1-2-10(13(17)18)15-12(16)11(21-14(15)20)7-3-5-9-6-4-8-19-9/h3-8,10H,2H2,1H3,(H,17,18)/p-1/b5-3+,11-7-/t10-/m1/s1. The van der Waals surface area contributed by atoms with Crippen LogP contribution in [0.3, 0.4) is 0 Å². The van der Waals surface area contributed by atoms with Gasteiger partial charge in [0.15, 0.2) is 0 Å². The Kier molecular flexibility index (Phi) is 4.98. The van der Waals surface area contributed by atoms with Crippen molar-refractivity contribution < 1.29 is 19.1 Å². The van der Waals surface area contributed by atoms with E-state index in [1.807, 2.05) is 0 Å². The molecule has 1 fully saturated rings. The first-order valence-corrected chi connectivity index (χ1v) is 7.45. The number of carbonyl (C=O) groups excluding carboxylic acids is 2. The quantitative estimate of drug-likeness (QED) is 0.605. The molecule has 1 saturated heterocycles. The molecule has 2 heterocycles. The third-order valence-electron chi connectivity index (χ3n) is 2.85. The zero-order valence-electron chi connectivity index (χ0n) is 11.1. The van der Waals surface area contributed by atoms with Gasteiger partial charge in [0, 0.05) is 0 Å². The van der Waals surface area contributed by atoms with Crippen molar-refractivity contribution >= 4 is 46.3 Å². The molecule has 0 N–H and O–H groups in total. The van der Waals surface area contributed by atoms with Crippen LogP contribution in [0.4, 0.5) is 0 Å². The summed E-state index contributed by atoms with van der Waals surface area (Å²) in [4.78, 5) is 24.8. The molecule has 1 amide bonds. The number of furan rings is 1. The van der Waals surface area contributed by atoms with Crippen LogP contribution in [-0.2, 0) is 9.59 Å².